The molecular formula is C13H22N4. The smallest absolute Gasteiger partial charge is 0.221 e. The fourth-order valence-electron chi connectivity index (χ4n) is 2.73. The van der Waals surface area contributed by atoms with Crippen LogP contribution in [0.2, 0.25) is 0 Å². The maximum absolute atomic E-state index is 5.70. The van der Waals surface area contributed by atoms with Crippen molar-refractivity contribution in [2.24, 2.45) is 11.8 Å². The minimum absolute atomic E-state index is 0.365. The first-order chi connectivity index (χ1) is 7.99. The van der Waals surface area contributed by atoms with Crippen molar-refractivity contribution >= 4 is 11.8 Å². The van der Waals surface area contributed by atoms with Crippen molar-refractivity contribution < 1.29 is 0 Å². The lowest BCUT2D eigenvalue weighted by Gasteiger charge is -2.42. The zero-order valence-electron chi connectivity index (χ0n) is 11.1. The van der Waals surface area contributed by atoms with Crippen LogP contribution in [0.15, 0.2) is 6.20 Å². The molecule has 4 heteroatoms. The van der Waals surface area contributed by atoms with Crippen molar-refractivity contribution in [3.8, 4) is 0 Å². The lowest BCUT2D eigenvalue weighted by molar-refractivity contribution is 0.295. The van der Waals surface area contributed by atoms with Crippen molar-refractivity contribution in [3.63, 3.8) is 0 Å². The zero-order chi connectivity index (χ0) is 12.6. The van der Waals surface area contributed by atoms with Crippen LogP contribution in [0.3, 0.4) is 0 Å². The fraction of sp³-hybridized carbons (Fsp3) is 0.692. The number of anilines is 2. The minimum Gasteiger partial charge on any atom is -0.368 e. The summed E-state index contributed by atoms with van der Waals surface area (Å²) in [6.45, 7) is 9.99. The van der Waals surface area contributed by atoms with Crippen molar-refractivity contribution in [3.05, 3.63) is 11.8 Å². The van der Waals surface area contributed by atoms with Crippen LogP contribution in [-0.4, -0.2) is 22.6 Å². The SMILES string of the molecule is Cc1cnc(N)nc1N1CC(C)CC(C)C1C. The van der Waals surface area contributed by atoms with Gasteiger partial charge in [-0.3, -0.25) is 0 Å². The zero-order valence-corrected chi connectivity index (χ0v) is 11.1. The number of nitrogens with two attached hydrogens (primary N) is 1. The Balaban J connectivity index is 2.34. The molecule has 0 spiro atoms. The number of hydrogen-bond acceptors (Lipinski definition) is 4. The van der Waals surface area contributed by atoms with Gasteiger partial charge in [-0.2, -0.15) is 4.98 Å². The highest BCUT2D eigenvalue weighted by molar-refractivity contribution is 5.49. The summed E-state index contributed by atoms with van der Waals surface area (Å²) < 4.78 is 0. The summed E-state index contributed by atoms with van der Waals surface area (Å²) in [5, 5.41) is 0. The Labute approximate surface area is 103 Å². The van der Waals surface area contributed by atoms with E-state index in [1.807, 2.05) is 13.1 Å². The van der Waals surface area contributed by atoms with E-state index in [1.54, 1.807) is 0 Å². The van der Waals surface area contributed by atoms with E-state index in [9.17, 15) is 0 Å². The molecule has 2 rings (SSSR count). The van der Waals surface area contributed by atoms with Gasteiger partial charge in [0.1, 0.15) is 5.82 Å². The highest BCUT2D eigenvalue weighted by Gasteiger charge is 2.30. The van der Waals surface area contributed by atoms with Crippen molar-refractivity contribution in [2.45, 2.75) is 40.2 Å². The van der Waals surface area contributed by atoms with Gasteiger partial charge >= 0.3 is 0 Å². The first kappa shape index (κ1) is 12.1. The maximum atomic E-state index is 5.70. The topological polar surface area (TPSA) is 55.0 Å². The largest absolute Gasteiger partial charge is 0.368 e. The summed E-state index contributed by atoms with van der Waals surface area (Å²) in [6.07, 6.45) is 3.10. The molecule has 0 saturated carbocycles. The molecular weight excluding hydrogens is 212 g/mol. The molecule has 0 aliphatic carbocycles. The second kappa shape index (κ2) is 4.51. The first-order valence-corrected chi connectivity index (χ1v) is 6.34. The third-order valence-electron chi connectivity index (χ3n) is 3.83. The molecule has 1 fully saturated rings. The van der Waals surface area contributed by atoms with Crippen LogP contribution in [0.1, 0.15) is 32.8 Å². The van der Waals surface area contributed by atoms with E-state index in [1.165, 1.54) is 6.42 Å². The maximum Gasteiger partial charge on any atom is 0.221 e. The van der Waals surface area contributed by atoms with Gasteiger partial charge in [-0.15, -0.1) is 0 Å². The van der Waals surface area contributed by atoms with Gasteiger partial charge in [-0.25, -0.2) is 4.98 Å². The summed E-state index contributed by atoms with van der Waals surface area (Å²) in [5.41, 5.74) is 6.80. The van der Waals surface area contributed by atoms with E-state index in [4.69, 9.17) is 5.73 Å². The van der Waals surface area contributed by atoms with Crippen LogP contribution in [-0.2, 0) is 0 Å². The molecule has 1 aromatic heterocycles. The molecule has 0 bridgehead atoms. The summed E-state index contributed by atoms with van der Waals surface area (Å²) in [6, 6.07) is 0.513. The van der Waals surface area contributed by atoms with E-state index in [0.29, 0.717) is 23.8 Å². The van der Waals surface area contributed by atoms with Gasteiger partial charge in [-0.05, 0) is 32.1 Å². The summed E-state index contributed by atoms with van der Waals surface area (Å²) in [7, 11) is 0. The highest BCUT2D eigenvalue weighted by Crippen LogP contribution is 2.31. The molecule has 4 nitrogen and oxygen atoms in total. The number of rotatable bonds is 1. The van der Waals surface area contributed by atoms with Gasteiger partial charge in [0.2, 0.25) is 5.95 Å². The van der Waals surface area contributed by atoms with Crippen LogP contribution in [0, 0.1) is 18.8 Å². The lowest BCUT2D eigenvalue weighted by atomic mass is 9.86. The average molecular weight is 234 g/mol. The van der Waals surface area contributed by atoms with E-state index in [2.05, 4.69) is 35.6 Å². The lowest BCUT2D eigenvalue weighted by Crippen LogP contribution is -2.46. The number of nitrogen functional groups attached to an aromatic ring is 1. The van der Waals surface area contributed by atoms with Gasteiger partial charge in [0.25, 0.3) is 0 Å². The Morgan fingerprint density at radius 2 is 2.06 bits per heavy atom. The average Bonchev–Trinajstić information content (AvgIpc) is 2.27. The monoisotopic (exact) mass is 234 g/mol. The molecule has 2 heterocycles. The van der Waals surface area contributed by atoms with Crippen molar-refractivity contribution in [1.82, 2.24) is 9.97 Å². The number of piperidine rings is 1. The van der Waals surface area contributed by atoms with Crippen LogP contribution in [0.25, 0.3) is 0 Å². The molecule has 0 radical (unpaired) electrons. The van der Waals surface area contributed by atoms with Crippen LogP contribution < -0.4 is 10.6 Å². The number of nitrogens with zero attached hydrogens (tertiary/aromatic N) is 3. The molecule has 1 aliphatic rings. The van der Waals surface area contributed by atoms with Crippen LogP contribution >= 0.6 is 0 Å². The van der Waals surface area contributed by atoms with Gasteiger partial charge in [0.15, 0.2) is 0 Å². The molecule has 2 N–H and O–H groups in total. The summed E-state index contributed by atoms with van der Waals surface area (Å²) in [5.74, 6) is 2.76. The Hall–Kier alpha value is -1.32. The van der Waals surface area contributed by atoms with Crippen molar-refractivity contribution in [2.75, 3.05) is 17.2 Å². The van der Waals surface area contributed by atoms with Gasteiger partial charge in [0, 0.05) is 24.3 Å². The van der Waals surface area contributed by atoms with Crippen LogP contribution in [0.5, 0.6) is 0 Å². The quantitative estimate of drug-likeness (QED) is 0.809. The Morgan fingerprint density at radius 1 is 1.35 bits per heavy atom. The number of aromatic nitrogens is 2. The third kappa shape index (κ3) is 2.35. The molecule has 3 atom stereocenters. The summed E-state index contributed by atoms with van der Waals surface area (Å²) >= 11 is 0. The fourth-order valence-corrected chi connectivity index (χ4v) is 2.73. The second-order valence-corrected chi connectivity index (χ2v) is 5.45. The van der Waals surface area contributed by atoms with Gasteiger partial charge < -0.3 is 10.6 Å². The summed E-state index contributed by atoms with van der Waals surface area (Å²) in [4.78, 5) is 10.8. The van der Waals surface area contributed by atoms with Gasteiger partial charge in [-0.1, -0.05) is 13.8 Å². The molecule has 0 aromatic carbocycles. The molecule has 1 saturated heterocycles. The molecule has 1 aromatic rings. The van der Waals surface area contributed by atoms with Crippen LogP contribution in [0.4, 0.5) is 11.8 Å². The standard InChI is InChI=1S/C13H22N4/c1-8-5-9(2)11(4)17(7-8)12-10(3)6-15-13(14)16-12/h6,8-9,11H,5,7H2,1-4H3,(H2,14,15,16). The Morgan fingerprint density at radius 3 is 2.76 bits per heavy atom. The third-order valence-corrected chi connectivity index (χ3v) is 3.83. The number of aryl methyl sites for hydroxylation is 1. The minimum atomic E-state index is 0.365. The number of hydrogen-bond donors (Lipinski definition) is 1. The molecule has 94 valence electrons. The predicted octanol–water partition coefficient (Wildman–Crippen LogP) is 2.24. The van der Waals surface area contributed by atoms with E-state index >= 15 is 0 Å². The van der Waals surface area contributed by atoms with E-state index in [0.717, 1.165) is 17.9 Å². The van der Waals surface area contributed by atoms with Gasteiger partial charge in [0.05, 0.1) is 0 Å². The van der Waals surface area contributed by atoms with E-state index < -0.39 is 0 Å². The Bertz CT molecular complexity index is 404. The molecule has 1 aliphatic heterocycles. The van der Waals surface area contributed by atoms with Crippen molar-refractivity contribution in [1.29, 1.82) is 0 Å². The van der Waals surface area contributed by atoms with E-state index in [-0.39, 0.29) is 0 Å². The first-order valence-electron chi connectivity index (χ1n) is 6.34. The molecule has 17 heavy (non-hydrogen) atoms. The Kier molecular flexibility index (Phi) is 3.22. The molecule has 0 amide bonds. The molecule has 3 unspecified atom stereocenters. The highest BCUT2D eigenvalue weighted by atomic mass is 15.2. The predicted molar refractivity (Wildman–Crippen MR) is 70.9 cm³/mol. The second-order valence-electron chi connectivity index (χ2n) is 5.45. The normalized spacial score (nSPS) is 29.4.